The second kappa shape index (κ2) is 8.46. The highest BCUT2D eigenvalue weighted by Gasteiger charge is 2.28. The van der Waals surface area contributed by atoms with E-state index in [0.29, 0.717) is 17.4 Å². The van der Waals surface area contributed by atoms with E-state index in [4.69, 9.17) is 4.74 Å². The maximum atomic E-state index is 12.8. The molecular weight excluding hydrogens is 354 g/mol. The Labute approximate surface area is 165 Å². The quantitative estimate of drug-likeness (QED) is 0.779. The first-order valence-electron chi connectivity index (χ1n) is 9.70. The summed E-state index contributed by atoms with van der Waals surface area (Å²) in [5, 5.41) is 12.5. The fourth-order valence-electron chi connectivity index (χ4n) is 3.80. The van der Waals surface area contributed by atoms with Crippen molar-refractivity contribution >= 4 is 17.4 Å². The van der Waals surface area contributed by atoms with Gasteiger partial charge in [-0.1, -0.05) is 26.0 Å². The van der Waals surface area contributed by atoms with Crippen molar-refractivity contribution in [3.8, 4) is 11.5 Å². The molecule has 5 heteroatoms. The third kappa shape index (κ3) is 4.53. The van der Waals surface area contributed by atoms with E-state index in [9.17, 15) is 14.7 Å². The van der Waals surface area contributed by atoms with Crippen molar-refractivity contribution in [1.29, 1.82) is 0 Å². The van der Waals surface area contributed by atoms with Crippen molar-refractivity contribution in [2.24, 2.45) is 11.8 Å². The first-order valence-corrected chi connectivity index (χ1v) is 9.70. The van der Waals surface area contributed by atoms with Gasteiger partial charge in [-0.2, -0.15) is 0 Å². The molecule has 3 rings (SSSR count). The number of aryl methyl sites for hydroxylation is 1. The minimum Gasteiger partial charge on any atom is -0.504 e. The molecule has 0 bridgehead atoms. The summed E-state index contributed by atoms with van der Waals surface area (Å²) in [4.78, 5) is 25.3. The van der Waals surface area contributed by atoms with Gasteiger partial charge in [0.05, 0.1) is 13.5 Å². The lowest BCUT2D eigenvalue weighted by Crippen LogP contribution is -2.24. The molecule has 0 aromatic heterocycles. The number of hydrogen-bond donors (Lipinski definition) is 2. The second-order valence-corrected chi connectivity index (χ2v) is 7.83. The Kier molecular flexibility index (Phi) is 6.02. The highest BCUT2D eigenvalue weighted by molar-refractivity contribution is 6.02. The molecule has 0 radical (unpaired) electrons. The van der Waals surface area contributed by atoms with Crippen LogP contribution in [0.2, 0.25) is 0 Å². The van der Waals surface area contributed by atoms with E-state index < -0.39 is 0 Å². The number of phenols is 1. The van der Waals surface area contributed by atoms with Crippen LogP contribution in [-0.2, 0) is 17.6 Å². The zero-order valence-corrected chi connectivity index (χ0v) is 16.6. The lowest BCUT2D eigenvalue weighted by atomic mass is 9.79. The van der Waals surface area contributed by atoms with Gasteiger partial charge in [-0.25, -0.2) is 0 Å². The predicted octanol–water partition coefficient (Wildman–Crippen LogP) is 4.37. The average Bonchev–Trinajstić information content (AvgIpc) is 2.65. The van der Waals surface area contributed by atoms with Crippen LogP contribution in [0.15, 0.2) is 36.4 Å². The van der Waals surface area contributed by atoms with E-state index in [2.05, 4.69) is 19.2 Å². The van der Waals surface area contributed by atoms with Crippen molar-refractivity contribution in [2.45, 2.75) is 39.5 Å². The van der Waals surface area contributed by atoms with Gasteiger partial charge in [-0.05, 0) is 60.6 Å². The smallest absolute Gasteiger partial charge is 0.228 e. The van der Waals surface area contributed by atoms with Gasteiger partial charge in [-0.3, -0.25) is 9.59 Å². The number of fused-ring (bicyclic) bond motifs is 1. The highest BCUT2D eigenvalue weighted by atomic mass is 16.5. The zero-order chi connectivity index (χ0) is 20.3. The van der Waals surface area contributed by atoms with Crippen LogP contribution in [0, 0.1) is 11.8 Å². The van der Waals surface area contributed by atoms with Crippen LogP contribution < -0.4 is 10.1 Å². The number of methoxy groups -OCH3 is 1. The summed E-state index contributed by atoms with van der Waals surface area (Å²) in [6.07, 6.45) is 2.85. The topological polar surface area (TPSA) is 75.6 Å². The molecular formula is C23H27NO4. The number of aromatic hydroxyl groups is 1. The minimum atomic E-state index is -0.185. The average molecular weight is 381 g/mol. The summed E-state index contributed by atoms with van der Waals surface area (Å²) in [7, 11) is 1.47. The molecule has 0 saturated heterocycles. The third-order valence-electron chi connectivity index (χ3n) is 5.16. The fraction of sp³-hybridized carbons (Fsp3) is 0.391. The van der Waals surface area contributed by atoms with E-state index in [1.165, 1.54) is 13.2 Å². The Morgan fingerprint density at radius 2 is 2.04 bits per heavy atom. The number of phenolic OH excluding ortho intramolecular Hbond substituents is 1. The molecule has 1 atom stereocenters. The molecule has 0 saturated carbocycles. The maximum absolute atomic E-state index is 12.8. The molecule has 2 aromatic rings. The van der Waals surface area contributed by atoms with Crippen molar-refractivity contribution < 1.29 is 19.4 Å². The molecule has 28 heavy (non-hydrogen) atoms. The summed E-state index contributed by atoms with van der Waals surface area (Å²) >= 11 is 0. The third-order valence-corrected chi connectivity index (χ3v) is 5.16. The highest BCUT2D eigenvalue weighted by Crippen LogP contribution is 2.31. The van der Waals surface area contributed by atoms with E-state index in [1.807, 2.05) is 12.1 Å². The van der Waals surface area contributed by atoms with Gasteiger partial charge in [0, 0.05) is 17.2 Å². The molecule has 1 unspecified atom stereocenters. The van der Waals surface area contributed by atoms with Crippen LogP contribution in [0.5, 0.6) is 11.5 Å². The Balaban J connectivity index is 1.71. The Morgan fingerprint density at radius 1 is 1.25 bits per heavy atom. The SMILES string of the molecule is COc1cc(CC(=O)Nc2ccc3c(c2)C(=O)C(CC(C)C)CC3)ccc1O. The van der Waals surface area contributed by atoms with Gasteiger partial charge >= 0.3 is 0 Å². The van der Waals surface area contributed by atoms with Gasteiger partial charge in [0.15, 0.2) is 17.3 Å². The van der Waals surface area contributed by atoms with Crippen molar-refractivity contribution in [2.75, 3.05) is 12.4 Å². The molecule has 1 aliphatic rings. The summed E-state index contributed by atoms with van der Waals surface area (Å²) < 4.78 is 5.08. The molecule has 0 spiro atoms. The van der Waals surface area contributed by atoms with Gasteiger partial charge in [0.25, 0.3) is 0 Å². The number of rotatable bonds is 6. The van der Waals surface area contributed by atoms with E-state index >= 15 is 0 Å². The Hall–Kier alpha value is -2.82. The molecule has 5 nitrogen and oxygen atoms in total. The first-order chi connectivity index (χ1) is 13.4. The van der Waals surface area contributed by atoms with Gasteiger partial charge < -0.3 is 15.2 Å². The lowest BCUT2D eigenvalue weighted by molar-refractivity contribution is -0.115. The molecule has 2 N–H and O–H groups in total. The Morgan fingerprint density at radius 3 is 2.75 bits per heavy atom. The van der Waals surface area contributed by atoms with Crippen LogP contribution in [0.4, 0.5) is 5.69 Å². The minimum absolute atomic E-state index is 0.0378. The first kappa shape index (κ1) is 19.9. The predicted molar refractivity (Wildman–Crippen MR) is 109 cm³/mol. The number of benzene rings is 2. The summed E-state index contributed by atoms with van der Waals surface area (Å²) in [5.41, 5.74) is 3.17. The van der Waals surface area contributed by atoms with Gasteiger partial charge in [-0.15, -0.1) is 0 Å². The van der Waals surface area contributed by atoms with Crippen LogP contribution in [-0.4, -0.2) is 23.9 Å². The monoisotopic (exact) mass is 381 g/mol. The molecule has 148 valence electrons. The number of amides is 1. The number of ether oxygens (including phenoxy) is 1. The number of hydrogen-bond acceptors (Lipinski definition) is 4. The summed E-state index contributed by atoms with van der Waals surface area (Å²) in [6.45, 7) is 4.27. The molecule has 0 fully saturated rings. The lowest BCUT2D eigenvalue weighted by Gasteiger charge is -2.25. The summed E-state index contributed by atoms with van der Waals surface area (Å²) in [6, 6.07) is 10.4. The van der Waals surface area contributed by atoms with Crippen LogP contribution in [0.1, 0.15) is 48.2 Å². The fourth-order valence-corrected chi connectivity index (χ4v) is 3.80. The van der Waals surface area contributed by atoms with E-state index in [0.717, 1.165) is 36.0 Å². The number of carbonyl (C=O) groups is 2. The number of nitrogens with one attached hydrogen (secondary N) is 1. The normalized spacial score (nSPS) is 16.0. The van der Waals surface area contributed by atoms with E-state index in [-0.39, 0.29) is 29.8 Å². The van der Waals surface area contributed by atoms with Gasteiger partial charge in [0.1, 0.15) is 0 Å². The van der Waals surface area contributed by atoms with Crippen molar-refractivity contribution in [1.82, 2.24) is 0 Å². The summed E-state index contributed by atoms with van der Waals surface area (Å²) in [5.74, 6) is 0.935. The number of anilines is 1. The van der Waals surface area contributed by atoms with Crippen molar-refractivity contribution in [3.63, 3.8) is 0 Å². The van der Waals surface area contributed by atoms with Crippen LogP contribution in [0.25, 0.3) is 0 Å². The van der Waals surface area contributed by atoms with Gasteiger partial charge in [0.2, 0.25) is 5.91 Å². The molecule has 0 heterocycles. The molecule has 2 aromatic carbocycles. The van der Waals surface area contributed by atoms with E-state index in [1.54, 1.807) is 18.2 Å². The Bertz CT molecular complexity index is 888. The molecule has 1 amide bonds. The number of Topliss-reactive ketones (excluding diaryl/α,β-unsaturated/α-hetero) is 1. The largest absolute Gasteiger partial charge is 0.504 e. The maximum Gasteiger partial charge on any atom is 0.228 e. The standard InChI is InChI=1S/C23H27NO4/c1-14(2)10-17-6-5-16-7-8-18(13-19(16)23(17)27)24-22(26)12-15-4-9-20(25)21(11-15)28-3/h4,7-9,11,13-14,17,25H,5-6,10,12H2,1-3H3,(H,24,26). The van der Waals surface area contributed by atoms with Crippen molar-refractivity contribution in [3.05, 3.63) is 53.1 Å². The number of ketones is 1. The number of carbonyl (C=O) groups excluding carboxylic acids is 2. The molecule has 1 aliphatic carbocycles. The van der Waals surface area contributed by atoms with Crippen LogP contribution >= 0.6 is 0 Å². The zero-order valence-electron chi connectivity index (χ0n) is 16.6. The second-order valence-electron chi connectivity index (χ2n) is 7.83. The molecule has 0 aliphatic heterocycles. The van der Waals surface area contributed by atoms with Crippen LogP contribution in [0.3, 0.4) is 0 Å².